The van der Waals surface area contributed by atoms with Gasteiger partial charge in [0, 0.05) is 17.1 Å². The molecule has 3 nitrogen and oxygen atoms in total. The van der Waals surface area contributed by atoms with E-state index in [0.29, 0.717) is 15.4 Å². The first kappa shape index (κ1) is 12.5. The van der Waals surface area contributed by atoms with Crippen molar-refractivity contribution in [3.8, 4) is 0 Å². The summed E-state index contributed by atoms with van der Waals surface area (Å²) >= 11 is 3.80. The molecule has 0 radical (unpaired) electrons. The van der Waals surface area contributed by atoms with Crippen molar-refractivity contribution in [1.82, 2.24) is 0 Å². The van der Waals surface area contributed by atoms with Crippen molar-refractivity contribution >= 4 is 35.3 Å². The molecule has 0 saturated carbocycles. The zero-order valence-corrected chi connectivity index (χ0v) is 11.0. The Labute approximate surface area is 109 Å². The van der Waals surface area contributed by atoms with Gasteiger partial charge in [-0.3, -0.25) is 10.1 Å². The van der Waals surface area contributed by atoms with Crippen molar-refractivity contribution in [2.24, 2.45) is 0 Å². The van der Waals surface area contributed by atoms with Gasteiger partial charge < -0.3 is 0 Å². The number of nitrogens with zero attached hydrogens (tertiary/aromatic N) is 1. The molecular weight excluding hydrogens is 254 g/mol. The predicted octanol–water partition coefficient (Wildman–Crippen LogP) is 3.80. The third-order valence-electron chi connectivity index (χ3n) is 2.43. The summed E-state index contributed by atoms with van der Waals surface area (Å²) in [5.41, 5.74) is 0.850. The highest BCUT2D eigenvalue weighted by Gasteiger charge is 2.20. The lowest BCUT2D eigenvalue weighted by Crippen LogP contribution is -1.92. The molecule has 0 unspecified atom stereocenters. The molecule has 1 aromatic carbocycles. The van der Waals surface area contributed by atoms with Crippen LogP contribution < -0.4 is 0 Å². The average Bonchev–Trinajstić information content (AvgIpc) is 2.73. The number of hydrogen-bond acceptors (Lipinski definition) is 4. The minimum atomic E-state index is -0.336. The van der Waals surface area contributed by atoms with Crippen molar-refractivity contribution in [2.45, 2.75) is 16.8 Å². The van der Waals surface area contributed by atoms with E-state index in [2.05, 4.69) is 13.0 Å². The highest BCUT2D eigenvalue weighted by Crippen LogP contribution is 2.38. The molecule has 2 atom stereocenters. The Morgan fingerprint density at radius 1 is 1.47 bits per heavy atom. The number of para-hydroxylation sites is 1. The van der Waals surface area contributed by atoms with Crippen molar-refractivity contribution in [3.63, 3.8) is 0 Å². The fourth-order valence-electron chi connectivity index (χ4n) is 1.62. The predicted molar refractivity (Wildman–Crippen MR) is 75.4 cm³/mol. The lowest BCUT2D eigenvalue weighted by Gasteiger charge is -2.01. The first-order valence-electron chi connectivity index (χ1n) is 5.35. The molecule has 0 aromatic heterocycles. The van der Waals surface area contributed by atoms with Crippen molar-refractivity contribution in [2.75, 3.05) is 5.75 Å². The maximum absolute atomic E-state index is 10.8. The van der Waals surface area contributed by atoms with E-state index in [4.69, 9.17) is 0 Å². The number of nitro groups is 1. The van der Waals surface area contributed by atoms with Gasteiger partial charge in [-0.2, -0.15) is 0 Å². The largest absolute Gasteiger partial charge is 0.276 e. The monoisotopic (exact) mass is 267 g/mol. The van der Waals surface area contributed by atoms with Gasteiger partial charge in [-0.1, -0.05) is 31.2 Å². The highest BCUT2D eigenvalue weighted by molar-refractivity contribution is 8.20. The summed E-state index contributed by atoms with van der Waals surface area (Å²) in [7, 11) is 0. The lowest BCUT2D eigenvalue weighted by molar-refractivity contribution is -0.385. The average molecular weight is 267 g/mol. The highest BCUT2D eigenvalue weighted by atomic mass is 32.2. The van der Waals surface area contributed by atoms with Crippen LogP contribution in [0.5, 0.6) is 0 Å². The standard InChI is InChI=1S/C12H13NO2S2/c1-9-8-16-12(17-9)7-6-10-4-2-3-5-11(10)13(14)15/h2-7,9,12H,8H2,1H3/b7-6+/t9-,12+/m1/s1. The van der Waals surface area contributed by atoms with E-state index in [1.54, 1.807) is 12.1 Å². The fourth-order valence-corrected chi connectivity index (χ4v) is 4.56. The Morgan fingerprint density at radius 3 is 2.88 bits per heavy atom. The third-order valence-corrected chi connectivity index (χ3v) is 5.62. The fraction of sp³-hybridized carbons (Fsp3) is 0.333. The van der Waals surface area contributed by atoms with Gasteiger partial charge in [-0.15, -0.1) is 23.5 Å². The second-order valence-corrected chi connectivity index (χ2v) is 6.88. The second kappa shape index (κ2) is 5.60. The molecule has 0 N–H and O–H groups in total. The van der Waals surface area contributed by atoms with Crippen LogP contribution in [-0.2, 0) is 0 Å². The number of nitro benzene ring substituents is 1. The van der Waals surface area contributed by atoms with Crippen LogP contribution in [0.3, 0.4) is 0 Å². The van der Waals surface area contributed by atoms with E-state index in [-0.39, 0.29) is 10.6 Å². The molecule has 1 fully saturated rings. The van der Waals surface area contributed by atoms with Crippen molar-refractivity contribution in [3.05, 3.63) is 46.0 Å². The topological polar surface area (TPSA) is 43.1 Å². The Morgan fingerprint density at radius 2 is 2.24 bits per heavy atom. The smallest absolute Gasteiger partial charge is 0.258 e. The Kier molecular flexibility index (Phi) is 4.12. The quantitative estimate of drug-likeness (QED) is 0.617. The zero-order valence-electron chi connectivity index (χ0n) is 9.41. The summed E-state index contributed by atoms with van der Waals surface area (Å²) in [6.07, 6.45) is 3.92. The Hall–Kier alpha value is -0.940. The summed E-state index contributed by atoms with van der Waals surface area (Å²) in [5.74, 6) is 1.15. The second-order valence-electron chi connectivity index (χ2n) is 3.82. The van der Waals surface area contributed by atoms with Gasteiger partial charge in [0.2, 0.25) is 0 Å². The van der Waals surface area contributed by atoms with E-state index in [9.17, 15) is 10.1 Å². The molecule has 90 valence electrons. The van der Waals surface area contributed by atoms with Crippen molar-refractivity contribution in [1.29, 1.82) is 0 Å². The minimum absolute atomic E-state index is 0.171. The lowest BCUT2D eigenvalue weighted by atomic mass is 10.2. The van der Waals surface area contributed by atoms with Crippen LogP contribution in [0.4, 0.5) is 5.69 Å². The molecule has 0 aliphatic carbocycles. The summed E-state index contributed by atoms with van der Waals surface area (Å²) in [4.78, 5) is 10.5. The van der Waals surface area contributed by atoms with Crippen LogP contribution in [0.1, 0.15) is 12.5 Å². The van der Waals surface area contributed by atoms with Gasteiger partial charge in [0.25, 0.3) is 5.69 Å². The molecule has 1 heterocycles. The van der Waals surface area contributed by atoms with Gasteiger partial charge in [0.1, 0.15) is 0 Å². The van der Waals surface area contributed by atoms with E-state index in [1.165, 1.54) is 6.07 Å². The third kappa shape index (κ3) is 3.26. The maximum Gasteiger partial charge on any atom is 0.276 e. The van der Waals surface area contributed by atoms with E-state index in [1.807, 2.05) is 35.7 Å². The molecule has 0 spiro atoms. The van der Waals surface area contributed by atoms with E-state index < -0.39 is 0 Å². The summed E-state index contributed by atoms with van der Waals surface area (Å²) < 4.78 is 0.421. The molecular formula is C12H13NO2S2. The van der Waals surface area contributed by atoms with E-state index in [0.717, 1.165) is 5.75 Å². The zero-order chi connectivity index (χ0) is 12.3. The molecule has 1 aliphatic rings. The van der Waals surface area contributed by atoms with Crippen LogP contribution in [0.25, 0.3) is 6.08 Å². The normalized spacial score (nSPS) is 24.3. The van der Waals surface area contributed by atoms with Crippen molar-refractivity contribution < 1.29 is 4.92 Å². The molecule has 1 aliphatic heterocycles. The van der Waals surface area contributed by atoms with Crippen LogP contribution in [0.2, 0.25) is 0 Å². The maximum atomic E-state index is 10.8. The van der Waals surface area contributed by atoms with E-state index >= 15 is 0 Å². The Balaban J connectivity index is 2.13. The molecule has 1 aromatic rings. The number of hydrogen-bond donors (Lipinski definition) is 0. The molecule has 1 saturated heterocycles. The molecule has 5 heteroatoms. The number of benzene rings is 1. The molecule has 2 rings (SSSR count). The van der Waals surface area contributed by atoms with Crippen LogP contribution in [0, 0.1) is 10.1 Å². The first-order chi connectivity index (χ1) is 8.16. The van der Waals surface area contributed by atoms with Gasteiger partial charge in [-0.25, -0.2) is 0 Å². The SMILES string of the molecule is C[C@@H]1CS[C@H](/C=C/c2ccccc2[N+](=O)[O-])S1. The molecule has 0 amide bonds. The summed E-state index contributed by atoms with van der Waals surface area (Å²) in [6.45, 7) is 2.20. The molecule has 0 bridgehead atoms. The number of rotatable bonds is 3. The summed E-state index contributed by atoms with van der Waals surface area (Å²) in [6, 6.07) is 6.83. The number of thioether (sulfide) groups is 2. The van der Waals surface area contributed by atoms with Gasteiger partial charge in [0.15, 0.2) is 0 Å². The summed E-state index contributed by atoms with van der Waals surface area (Å²) in [5, 5.41) is 11.5. The molecule has 17 heavy (non-hydrogen) atoms. The first-order valence-corrected chi connectivity index (χ1v) is 7.34. The van der Waals surface area contributed by atoms with Crippen LogP contribution >= 0.6 is 23.5 Å². The minimum Gasteiger partial charge on any atom is -0.258 e. The van der Waals surface area contributed by atoms with Gasteiger partial charge >= 0.3 is 0 Å². The van der Waals surface area contributed by atoms with Crippen LogP contribution in [-0.4, -0.2) is 20.5 Å². The van der Waals surface area contributed by atoms with Gasteiger partial charge in [-0.05, 0) is 6.07 Å². The Bertz CT molecular complexity index is 448. The van der Waals surface area contributed by atoms with Gasteiger partial charge in [0.05, 0.1) is 15.1 Å². The van der Waals surface area contributed by atoms with Crippen LogP contribution in [0.15, 0.2) is 30.3 Å².